The zero-order valence-corrected chi connectivity index (χ0v) is 9.83. The van der Waals surface area contributed by atoms with Gasteiger partial charge in [-0.15, -0.1) is 0 Å². The third-order valence-corrected chi connectivity index (χ3v) is 2.78. The molecule has 1 aliphatic heterocycles. The van der Waals surface area contributed by atoms with Crippen LogP contribution in [-0.4, -0.2) is 35.7 Å². The Morgan fingerprint density at radius 3 is 2.83 bits per heavy atom. The number of hydrogen-bond donors (Lipinski definition) is 1. The van der Waals surface area contributed by atoms with Gasteiger partial charge in [-0.2, -0.15) is 0 Å². The van der Waals surface area contributed by atoms with E-state index in [0.29, 0.717) is 30.0 Å². The van der Waals surface area contributed by atoms with E-state index in [0.717, 1.165) is 0 Å². The first-order valence-electron chi connectivity index (χ1n) is 5.50. The lowest BCUT2D eigenvalue weighted by Crippen LogP contribution is -2.32. The number of amides is 1. The smallest absolute Gasteiger partial charge is 0.331 e. The van der Waals surface area contributed by atoms with Gasteiger partial charge in [-0.1, -0.05) is 6.07 Å². The highest BCUT2D eigenvalue weighted by molar-refractivity contribution is 5.78. The van der Waals surface area contributed by atoms with Crippen LogP contribution in [0.1, 0.15) is 18.5 Å². The van der Waals surface area contributed by atoms with Gasteiger partial charge in [0.2, 0.25) is 13.2 Å². The number of fused-ring (bicyclic) bond motifs is 1. The first-order chi connectivity index (χ1) is 8.67. The van der Waals surface area contributed by atoms with Crippen LogP contribution in [0.4, 0.5) is 0 Å². The number of ether oxygens (including phenoxy) is 2. The lowest BCUT2D eigenvalue weighted by Gasteiger charge is -2.23. The van der Waals surface area contributed by atoms with Crippen LogP contribution in [0.25, 0.3) is 0 Å². The second-order valence-electron chi connectivity index (χ2n) is 3.79. The molecule has 18 heavy (non-hydrogen) atoms. The number of carboxylic acid groups (broad SMARTS) is 1. The highest BCUT2D eigenvalue weighted by Gasteiger charge is 2.27. The van der Waals surface area contributed by atoms with E-state index in [-0.39, 0.29) is 6.79 Å². The molecule has 0 bridgehead atoms. The van der Waals surface area contributed by atoms with Crippen LogP contribution >= 0.6 is 0 Å². The van der Waals surface area contributed by atoms with Crippen LogP contribution in [0.5, 0.6) is 11.5 Å². The summed E-state index contributed by atoms with van der Waals surface area (Å²) in [5.41, 5.74) is 0.487. The maximum absolute atomic E-state index is 11.3. The molecule has 96 valence electrons. The van der Waals surface area contributed by atoms with Crippen LogP contribution in [-0.2, 0) is 9.59 Å². The van der Waals surface area contributed by atoms with Crippen molar-refractivity contribution in [1.29, 1.82) is 0 Å². The molecule has 1 amide bonds. The van der Waals surface area contributed by atoms with Crippen molar-refractivity contribution < 1.29 is 24.2 Å². The van der Waals surface area contributed by atoms with Gasteiger partial charge in [0, 0.05) is 6.54 Å². The number of aliphatic carboxylic acids is 1. The fourth-order valence-corrected chi connectivity index (χ4v) is 1.88. The van der Waals surface area contributed by atoms with Crippen molar-refractivity contribution in [3.8, 4) is 11.5 Å². The molecule has 0 aromatic heterocycles. The highest BCUT2D eigenvalue weighted by Crippen LogP contribution is 2.35. The first-order valence-corrected chi connectivity index (χ1v) is 5.50. The van der Waals surface area contributed by atoms with Gasteiger partial charge < -0.3 is 19.5 Å². The maximum atomic E-state index is 11.3. The van der Waals surface area contributed by atoms with Gasteiger partial charge in [-0.3, -0.25) is 4.79 Å². The molecule has 1 heterocycles. The Labute approximate surface area is 104 Å². The van der Waals surface area contributed by atoms with Crippen LogP contribution in [0.2, 0.25) is 0 Å². The standard InChI is InChI=1S/C12H13NO5/c1-2-13(6-14)11(12(15)16)8-3-4-9-10(5-8)18-7-17-9/h3-6,11H,2,7H2,1H3,(H,15,16). The van der Waals surface area contributed by atoms with E-state index in [9.17, 15) is 14.7 Å². The average molecular weight is 251 g/mol. The second kappa shape index (κ2) is 4.95. The summed E-state index contributed by atoms with van der Waals surface area (Å²) in [6.45, 7) is 2.16. The zero-order valence-electron chi connectivity index (χ0n) is 9.83. The Balaban J connectivity index is 2.36. The monoisotopic (exact) mass is 251 g/mol. The summed E-state index contributed by atoms with van der Waals surface area (Å²) in [5, 5.41) is 9.24. The number of carboxylic acids is 1. The quantitative estimate of drug-likeness (QED) is 0.791. The molecule has 1 unspecified atom stereocenters. The van der Waals surface area contributed by atoms with Crippen LogP contribution in [0.15, 0.2) is 18.2 Å². The Morgan fingerprint density at radius 1 is 1.50 bits per heavy atom. The molecule has 0 saturated carbocycles. The lowest BCUT2D eigenvalue weighted by molar-refractivity contribution is -0.146. The molecule has 0 saturated heterocycles. The van der Waals surface area contributed by atoms with E-state index in [1.54, 1.807) is 25.1 Å². The van der Waals surface area contributed by atoms with Gasteiger partial charge in [-0.05, 0) is 24.6 Å². The predicted molar refractivity (Wildman–Crippen MR) is 61.4 cm³/mol. The molecule has 1 aromatic rings. The van der Waals surface area contributed by atoms with Gasteiger partial charge in [-0.25, -0.2) is 4.79 Å². The van der Waals surface area contributed by atoms with Crippen molar-refractivity contribution >= 4 is 12.4 Å². The molecule has 6 heteroatoms. The van der Waals surface area contributed by atoms with Gasteiger partial charge in [0.05, 0.1) is 0 Å². The molecular formula is C12H13NO5. The predicted octanol–water partition coefficient (Wildman–Crippen LogP) is 1.02. The normalized spacial score (nSPS) is 14.1. The highest BCUT2D eigenvalue weighted by atomic mass is 16.7. The van der Waals surface area contributed by atoms with Crippen molar-refractivity contribution in [2.24, 2.45) is 0 Å². The number of rotatable bonds is 5. The summed E-state index contributed by atoms with van der Waals surface area (Å²) in [6, 6.07) is 3.85. The van der Waals surface area contributed by atoms with E-state index in [1.165, 1.54) is 4.90 Å². The minimum Gasteiger partial charge on any atom is -0.479 e. The van der Waals surface area contributed by atoms with Gasteiger partial charge in [0.15, 0.2) is 17.5 Å². The summed E-state index contributed by atoms with van der Waals surface area (Å²) < 4.78 is 10.3. The SMILES string of the molecule is CCN(C=O)C(C(=O)O)c1ccc2c(c1)OCO2. The molecule has 2 rings (SSSR count). The third-order valence-electron chi connectivity index (χ3n) is 2.78. The third kappa shape index (κ3) is 2.09. The molecular weight excluding hydrogens is 238 g/mol. The minimum atomic E-state index is -1.08. The molecule has 0 aliphatic carbocycles. The Kier molecular flexibility index (Phi) is 3.36. The number of carbonyl (C=O) groups excluding carboxylic acids is 1. The average Bonchev–Trinajstić information content (AvgIpc) is 2.82. The Morgan fingerprint density at radius 2 is 2.22 bits per heavy atom. The van der Waals surface area contributed by atoms with Gasteiger partial charge >= 0.3 is 5.97 Å². The summed E-state index contributed by atoms with van der Waals surface area (Å²) in [6.07, 6.45) is 0.531. The molecule has 0 fully saturated rings. The topological polar surface area (TPSA) is 76.1 Å². The zero-order chi connectivity index (χ0) is 13.1. The van der Waals surface area contributed by atoms with E-state index < -0.39 is 12.0 Å². The molecule has 1 atom stereocenters. The van der Waals surface area contributed by atoms with E-state index >= 15 is 0 Å². The minimum absolute atomic E-state index is 0.127. The number of likely N-dealkylation sites (N-methyl/N-ethyl adjacent to an activating group) is 1. The fourth-order valence-electron chi connectivity index (χ4n) is 1.88. The Bertz CT molecular complexity index is 474. The molecule has 1 N–H and O–H groups in total. The molecule has 0 spiro atoms. The second-order valence-corrected chi connectivity index (χ2v) is 3.79. The number of benzene rings is 1. The van der Waals surface area contributed by atoms with Crippen LogP contribution < -0.4 is 9.47 Å². The van der Waals surface area contributed by atoms with Crippen molar-refractivity contribution in [1.82, 2.24) is 4.90 Å². The summed E-state index contributed by atoms with van der Waals surface area (Å²) in [5.74, 6) is 0.000516. The number of nitrogens with zero attached hydrogens (tertiary/aromatic N) is 1. The summed E-state index contributed by atoms with van der Waals surface area (Å²) in [4.78, 5) is 23.4. The van der Waals surface area contributed by atoms with E-state index in [1.807, 2.05) is 0 Å². The number of carbonyl (C=O) groups is 2. The Hall–Kier alpha value is -2.24. The first kappa shape index (κ1) is 12.2. The largest absolute Gasteiger partial charge is 0.479 e. The fraction of sp³-hybridized carbons (Fsp3) is 0.333. The van der Waals surface area contributed by atoms with Crippen molar-refractivity contribution in [3.63, 3.8) is 0 Å². The van der Waals surface area contributed by atoms with Gasteiger partial charge in [0.25, 0.3) is 0 Å². The molecule has 0 radical (unpaired) electrons. The maximum Gasteiger partial charge on any atom is 0.331 e. The van der Waals surface area contributed by atoms with Crippen LogP contribution in [0.3, 0.4) is 0 Å². The number of hydrogen-bond acceptors (Lipinski definition) is 4. The van der Waals surface area contributed by atoms with Crippen molar-refractivity contribution in [2.75, 3.05) is 13.3 Å². The lowest BCUT2D eigenvalue weighted by atomic mass is 10.1. The molecule has 6 nitrogen and oxygen atoms in total. The summed E-state index contributed by atoms with van der Waals surface area (Å²) in [7, 11) is 0. The summed E-state index contributed by atoms with van der Waals surface area (Å²) >= 11 is 0. The van der Waals surface area contributed by atoms with E-state index in [4.69, 9.17) is 9.47 Å². The molecule has 1 aliphatic rings. The van der Waals surface area contributed by atoms with Crippen molar-refractivity contribution in [2.45, 2.75) is 13.0 Å². The molecule has 1 aromatic carbocycles. The van der Waals surface area contributed by atoms with Crippen molar-refractivity contribution in [3.05, 3.63) is 23.8 Å². The van der Waals surface area contributed by atoms with Crippen LogP contribution in [0, 0.1) is 0 Å². The van der Waals surface area contributed by atoms with Gasteiger partial charge in [0.1, 0.15) is 0 Å². The van der Waals surface area contributed by atoms with E-state index in [2.05, 4.69) is 0 Å².